The Labute approximate surface area is 183 Å². The summed E-state index contributed by atoms with van der Waals surface area (Å²) in [5, 5.41) is 13.2. The normalized spacial score (nSPS) is 12.5. The van der Waals surface area contributed by atoms with Crippen molar-refractivity contribution in [1.29, 1.82) is 0 Å². The van der Waals surface area contributed by atoms with Gasteiger partial charge in [-0.15, -0.1) is 0 Å². The number of methoxy groups -OCH3 is 1. The highest BCUT2D eigenvalue weighted by Gasteiger charge is 2.13. The van der Waals surface area contributed by atoms with E-state index in [-0.39, 0.29) is 5.91 Å². The van der Waals surface area contributed by atoms with Gasteiger partial charge in [0.05, 0.1) is 18.5 Å². The number of carbonyl (C=O) groups is 1. The molecule has 0 spiro atoms. The molecule has 0 unspecified atom stereocenters. The molecule has 0 aromatic carbocycles. The number of nitrogens with one attached hydrogen (secondary N) is 2. The second-order valence-corrected chi connectivity index (χ2v) is 7.56. The third-order valence-corrected chi connectivity index (χ3v) is 4.65. The number of aryl methyl sites for hydroxylation is 1. The van der Waals surface area contributed by atoms with Crippen LogP contribution in [0.2, 0.25) is 0 Å². The lowest BCUT2D eigenvalue weighted by Crippen LogP contribution is -2.16. The minimum absolute atomic E-state index is 0.244. The molecule has 1 amide bonds. The van der Waals surface area contributed by atoms with E-state index in [9.17, 15) is 4.79 Å². The van der Waals surface area contributed by atoms with Crippen molar-refractivity contribution in [2.24, 2.45) is 7.05 Å². The van der Waals surface area contributed by atoms with Crippen molar-refractivity contribution in [1.82, 2.24) is 29.9 Å². The van der Waals surface area contributed by atoms with Crippen LogP contribution in [-0.4, -0.2) is 43.0 Å². The molecule has 1 fully saturated rings. The van der Waals surface area contributed by atoms with Crippen molar-refractivity contribution in [3.05, 3.63) is 54.0 Å². The van der Waals surface area contributed by atoms with E-state index in [2.05, 4.69) is 44.4 Å². The van der Waals surface area contributed by atoms with Crippen LogP contribution in [0.1, 0.15) is 73.7 Å². The summed E-state index contributed by atoms with van der Waals surface area (Å²) < 4.78 is 6.47. The Balaban J connectivity index is 0.000000201. The monoisotopic (exact) mass is 427 g/mol. The van der Waals surface area contributed by atoms with E-state index >= 15 is 0 Å². The zero-order chi connectivity index (χ0) is 22.5. The van der Waals surface area contributed by atoms with Crippen molar-refractivity contribution < 1.29 is 9.53 Å². The fourth-order valence-electron chi connectivity index (χ4n) is 3.00. The molecule has 31 heavy (non-hydrogen) atoms. The molecule has 0 radical (unpaired) electrons. The number of hydrogen-bond acceptors (Lipinski definition) is 6. The molecular formula is C22H33N7O2. The van der Waals surface area contributed by atoms with Crippen LogP contribution < -0.4 is 5.32 Å². The third-order valence-electron chi connectivity index (χ3n) is 4.65. The number of nitrogens with zero attached hydrogens (tertiary/aromatic N) is 5. The molecule has 0 atom stereocenters. The van der Waals surface area contributed by atoms with Gasteiger partial charge in [0.25, 0.3) is 5.91 Å². The fourth-order valence-corrected chi connectivity index (χ4v) is 3.00. The van der Waals surface area contributed by atoms with Crippen molar-refractivity contribution in [3.63, 3.8) is 0 Å². The number of H-pyrrole nitrogens is 1. The van der Waals surface area contributed by atoms with Crippen LogP contribution in [0.5, 0.6) is 0 Å². The molecule has 0 bridgehead atoms. The van der Waals surface area contributed by atoms with Gasteiger partial charge in [-0.2, -0.15) is 10.2 Å². The molecule has 4 rings (SSSR count). The summed E-state index contributed by atoms with van der Waals surface area (Å²) in [5.41, 5.74) is 2.28. The first kappa shape index (κ1) is 24.2. The molecule has 3 aromatic heterocycles. The Kier molecular flexibility index (Phi) is 10.4. The number of rotatable bonds is 5. The quantitative estimate of drug-likeness (QED) is 0.634. The Bertz CT molecular complexity index is 865. The fraction of sp³-hybridized carbons (Fsp3) is 0.500. The van der Waals surface area contributed by atoms with Crippen LogP contribution in [0.25, 0.3) is 0 Å². The highest BCUT2D eigenvalue weighted by atomic mass is 16.5. The summed E-state index contributed by atoms with van der Waals surface area (Å²) in [7, 11) is 3.29. The lowest BCUT2D eigenvalue weighted by atomic mass is 10.1. The van der Waals surface area contributed by atoms with Crippen molar-refractivity contribution in [3.8, 4) is 0 Å². The number of aromatic amines is 1. The van der Waals surface area contributed by atoms with Crippen LogP contribution in [0.15, 0.2) is 36.9 Å². The van der Waals surface area contributed by atoms with E-state index in [1.807, 2.05) is 6.07 Å². The molecule has 0 aliphatic heterocycles. The average Bonchev–Trinajstić information content (AvgIpc) is 3.54. The number of hydrogen-bond donors (Lipinski definition) is 2. The minimum Gasteiger partial charge on any atom is -0.378 e. The average molecular weight is 428 g/mol. The smallest absolute Gasteiger partial charge is 0.275 e. The van der Waals surface area contributed by atoms with Gasteiger partial charge in [0.2, 0.25) is 0 Å². The topological polar surface area (TPSA) is 111 Å². The van der Waals surface area contributed by atoms with Crippen molar-refractivity contribution in [2.45, 2.75) is 58.5 Å². The molecule has 3 aromatic rings. The van der Waals surface area contributed by atoms with E-state index in [0.717, 1.165) is 5.69 Å². The summed E-state index contributed by atoms with van der Waals surface area (Å²) in [5.74, 6) is 0.809. The van der Waals surface area contributed by atoms with E-state index in [4.69, 9.17) is 4.74 Å². The summed E-state index contributed by atoms with van der Waals surface area (Å²) in [4.78, 5) is 19.8. The van der Waals surface area contributed by atoms with Gasteiger partial charge in [-0.1, -0.05) is 46.0 Å². The zero-order valence-corrected chi connectivity index (χ0v) is 18.8. The number of aromatic nitrogens is 6. The van der Waals surface area contributed by atoms with Gasteiger partial charge >= 0.3 is 0 Å². The SMILES string of the molecule is C1CCCC1.CC(C)c1ccncn1.COCc1cc(C(=O)Nc2ccn[nH]2)n(C)n1. The summed E-state index contributed by atoms with van der Waals surface area (Å²) in [6.45, 7) is 4.61. The van der Waals surface area contributed by atoms with Crippen LogP contribution in [-0.2, 0) is 18.4 Å². The second kappa shape index (κ2) is 13.3. The maximum atomic E-state index is 11.9. The Morgan fingerprint density at radius 2 is 1.90 bits per heavy atom. The van der Waals surface area contributed by atoms with Crippen LogP contribution in [0.3, 0.4) is 0 Å². The zero-order valence-electron chi connectivity index (χ0n) is 18.8. The van der Waals surface area contributed by atoms with Crippen molar-refractivity contribution >= 4 is 11.7 Å². The number of amides is 1. The molecule has 2 N–H and O–H groups in total. The summed E-state index contributed by atoms with van der Waals surface area (Å²) in [6.07, 6.45) is 12.4. The minimum atomic E-state index is -0.244. The first-order chi connectivity index (χ1) is 15.0. The largest absolute Gasteiger partial charge is 0.378 e. The van der Waals surface area contributed by atoms with E-state index < -0.39 is 0 Å². The van der Waals surface area contributed by atoms with Gasteiger partial charge in [-0.3, -0.25) is 14.6 Å². The van der Waals surface area contributed by atoms with Crippen LogP contribution in [0, 0.1) is 0 Å². The number of carbonyl (C=O) groups excluding carboxylic acids is 1. The molecule has 9 heteroatoms. The third kappa shape index (κ3) is 8.67. The van der Waals surface area contributed by atoms with Gasteiger partial charge in [-0.05, 0) is 18.1 Å². The van der Waals surface area contributed by atoms with Gasteiger partial charge in [-0.25, -0.2) is 9.97 Å². The van der Waals surface area contributed by atoms with Crippen LogP contribution in [0.4, 0.5) is 5.82 Å². The molecule has 3 heterocycles. The molecule has 1 aliphatic carbocycles. The highest BCUT2D eigenvalue weighted by molar-refractivity contribution is 6.02. The molecule has 168 valence electrons. The molecule has 0 saturated heterocycles. The van der Waals surface area contributed by atoms with Crippen LogP contribution >= 0.6 is 0 Å². The summed E-state index contributed by atoms with van der Waals surface area (Å²) in [6, 6.07) is 5.30. The maximum Gasteiger partial charge on any atom is 0.275 e. The van der Waals surface area contributed by atoms with E-state index in [1.165, 1.54) is 36.8 Å². The van der Waals surface area contributed by atoms with E-state index in [0.29, 0.717) is 29.7 Å². The Hall–Kier alpha value is -3.07. The van der Waals surface area contributed by atoms with Crippen molar-refractivity contribution in [2.75, 3.05) is 12.4 Å². The van der Waals surface area contributed by atoms with E-state index in [1.54, 1.807) is 45.0 Å². The van der Waals surface area contributed by atoms with Gasteiger partial charge < -0.3 is 10.1 Å². The first-order valence-corrected chi connectivity index (χ1v) is 10.6. The first-order valence-electron chi connectivity index (χ1n) is 10.6. The Morgan fingerprint density at radius 3 is 2.39 bits per heavy atom. The lowest BCUT2D eigenvalue weighted by Gasteiger charge is -2.01. The second-order valence-electron chi connectivity index (χ2n) is 7.56. The number of anilines is 1. The van der Waals surface area contributed by atoms with Gasteiger partial charge in [0.1, 0.15) is 17.8 Å². The summed E-state index contributed by atoms with van der Waals surface area (Å²) >= 11 is 0. The molecule has 9 nitrogen and oxygen atoms in total. The maximum absolute atomic E-state index is 11.9. The molecular weight excluding hydrogens is 394 g/mol. The molecule has 1 saturated carbocycles. The Morgan fingerprint density at radius 1 is 1.19 bits per heavy atom. The molecule has 1 aliphatic rings. The van der Waals surface area contributed by atoms with Gasteiger partial charge in [0.15, 0.2) is 0 Å². The lowest BCUT2D eigenvalue weighted by molar-refractivity contribution is 0.101. The predicted octanol–water partition coefficient (Wildman–Crippen LogP) is 4.09. The van der Waals surface area contributed by atoms with Gasteiger partial charge in [0, 0.05) is 32.1 Å². The predicted molar refractivity (Wildman–Crippen MR) is 120 cm³/mol. The number of ether oxygens (including phenoxy) is 1. The standard InChI is InChI=1S/C10H13N5O2.C7H10N2.C5H10/c1-15-8(5-7(14-15)6-17-2)10(16)12-9-3-4-11-13-9;1-6(2)7-3-4-8-5-9-7;1-2-4-5-3-1/h3-5H,6H2,1-2H3,(H2,11,12,13,16);3-6H,1-2H3;1-5H2. The highest BCUT2D eigenvalue weighted by Crippen LogP contribution is 2.15.